The molecule has 0 atom stereocenters. The van der Waals surface area contributed by atoms with E-state index in [1.165, 1.54) is 23.1 Å². The van der Waals surface area contributed by atoms with Gasteiger partial charge in [0.25, 0.3) is 5.69 Å². The first-order valence-electron chi connectivity index (χ1n) is 6.00. The first-order valence-corrected chi connectivity index (χ1v) is 6.00. The van der Waals surface area contributed by atoms with E-state index in [9.17, 15) is 14.9 Å². The van der Waals surface area contributed by atoms with Gasteiger partial charge in [0.05, 0.1) is 11.5 Å². The predicted octanol–water partition coefficient (Wildman–Crippen LogP) is 1.88. The number of benzene rings is 1. The van der Waals surface area contributed by atoms with E-state index in [4.69, 9.17) is 5.11 Å². The van der Waals surface area contributed by atoms with Crippen molar-refractivity contribution >= 4 is 11.7 Å². The Bertz CT molecular complexity index is 703. The van der Waals surface area contributed by atoms with Gasteiger partial charge in [-0.05, 0) is 24.6 Å². The topological polar surface area (TPSA) is 111 Å². The van der Waals surface area contributed by atoms with Gasteiger partial charge < -0.3 is 5.11 Å². The quantitative estimate of drug-likeness (QED) is 0.511. The number of nitro benzene ring substituents is 1. The van der Waals surface area contributed by atoms with Crippen molar-refractivity contribution in [1.82, 2.24) is 14.8 Å². The number of aliphatic carboxylic acids is 1. The van der Waals surface area contributed by atoms with Gasteiger partial charge in [0.15, 0.2) is 5.82 Å². The lowest BCUT2D eigenvalue weighted by molar-refractivity contribution is -0.384. The van der Waals surface area contributed by atoms with Crippen LogP contribution in [0.3, 0.4) is 0 Å². The molecule has 0 amide bonds. The van der Waals surface area contributed by atoms with Gasteiger partial charge in [0.2, 0.25) is 0 Å². The number of hydrogen-bond acceptors (Lipinski definition) is 5. The van der Waals surface area contributed by atoms with Crippen molar-refractivity contribution in [2.24, 2.45) is 0 Å². The molecule has 0 fully saturated rings. The van der Waals surface area contributed by atoms with Crippen LogP contribution in [0.2, 0.25) is 0 Å². The summed E-state index contributed by atoms with van der Waals surface area (Å²) in [6.07, 6.45) is 2.59. The molecule has 0 saturated heterocycles. The lowest BCUT2D eigenvalue weighted by Crippen LogP contribution is -2.02. The van der Waals surface area contributed by atoms with Gasteiger partial charge >= 0.3 is 5.97 Å². The maximum absolute atomic E-state index is 10.6. The van der Waals surface area contributed by atoms with E-state index in [1.54, 1.807) is 19.1 Å². The van der Waals surface area contributed by atoms with Crippen molar-refractivity contribution in [2.45, 2.75) is 13.5 Å². The average molecular weight is 288 g/mol. The molecule has 0 spiro atoms. The zero-order valence-electron chi connectivity index (χ0n) is 11.1. The van der Waals surface area contributed by atoms with Gasteiger partial charge in [-0.25, -0.2) is 14.5 Å². The highest BCUT2D eigenvalue weighted by Gasteiger charge is 2.08. The SMILES string of the molecule is C/C(=C/C(=O)O)Cn1cnc(-c2ccc([N+](=O)[O-])cc2)n1. The van der Waals surface area contributed by atoms with Crippen molar-refractivity contribution in [3.8, 4) is 11.4 Å². The minimum Gasteiger partial charge on any atom is -0.478 e. The highest BCUT2D eigenvalue weighted by atomic mass is 16.6. The molecule has 0 unspecified atom stereocenters. The van der Waals surface area contributed by atoms with Crippen molar-refractivity contribution in [3.05, 3.63) is 52.4 Å². The Hall–Kier alpha value is -3.03. The fraction of sp³-hybridized carbons (Fsp3) is 0.154. The Morgan fingerprint density at radius 3 is 2.67 bits per heavy atom. The lowest BCUT2D eigenvalue weighted by Gasteiger charge is -1.99. The molecule has 1 aromatic carbocycles. The van der Waals surface area contributed by atoms with Gasteiger partial charge in [-0.15, -0.1) is 0 Å². The Kier molecular flexibility index (Phi) is 4.07. The van der Waals surface area contributed by atoms with E-state index in [1.807, 2.05) is 0 Å². The van der Waals surface area contributed by atoms with Crippen LogP contribution in [-0.4, -0.2) is 30.8 Å². The predicted molar refractivity (Wildman–Crippen MR) is 73.5 cm³/mol. The first-order chi connectivity index (χ1) is 9.95. The molecule has 0 saturated carbocycles. The molecule has 2 aromatic rings. The van der Waals surface area contributed by atoms with Crippen molar-refractivity contribution in [1.29, 1.82) is 0 Å². The summed E-state index contributed by atoms with van der Waals surface area (Å²) in [4.78, 5) is 24.7. The lowest BCUT2D eigenvalue weighted by atomic mass is 10.2. The summed E-state index contributed by atoms with van der Waals surface area (Å²) in [5, 5.41) is 23.4. The smallest absolute Gasteiger partial charge is 0.328 e. The van der Waals surface area contributed by atoms with Crippen molar-refractivity contribution < 1.29 is 14.8 Å². The number of carboxylic acid groups (broad SMARTS) is 1. The number of carbonyl (C=O) groups is 1. The molecule has 2 rings (SSSR count). The van der Waals surface area contributed by atoms with Crippen LogP contribution >= 0.6 is 0 Å². The minimum atomic E-state index is -1.01. The molecular weight excluding hydrogens is 276 g/mol. The number of rotatable bonds is 5. The van der Waals surface area contributed by atoms with Gasteiger partial charge in [0, 0.05) is 23.8 Å². The summed E-state index contributed by atoms with van der Waals surface area (Å²) in [6.45, 7) is 1.99. The number of non-ortho nitro benzene ring substituents is 1. The maximum Gasteiger partial charge on any atom is 0.328 e. The largest absolute Gasteiger partial charge is 0.478 e. The van der Waals surface area contributed by atoms with E-state index < -0.39 is 10.9 Å². The molecule has 0 radical (unpaired) electrons. The standard InChI is InChI=1S/C13H12N4O4/c1-9(6-12(18)19)7-16-8-14-13(15-16)10-2-4-11(5-3-10)17(20)21/h2-6,8H,7H2,1H3,(H,18,19)/b9-6-. The minimum absolute atomic E-state index is 0.00146. The molecule has 108 valence electrons. The molecule has 21 heavy (non-hydrogen) atoms. The van der Waals surface area contributed by atoms with E-state index >= 15 is 0 Å². The average Bonchev–Trinajstić information content (AvgIpc) is 2.86. The number of aromatic nitrogens is 3. The third-order valence-electron chi connectivity index (χ3n) is 2.65. The van der Waals surface area contributed by atoms with E-state index in [-0.39, 0.29) is 5.69 Å². The normalized spacial score (nSPS) is 11.4. The summed E-state index contributed by atoms with van der Waals surface area (Å²) in [5.41, 5.74) is 1.28. The summed E-state index contributed by atoms with van der Waals surface area (Å²) in [6, 6.07) is 5.90. The third kappa shape index (κ3) is 3.72. The highest BCUT2D eigenvalue weighted by molar-refractivity contribution is 5.80. The maximum atomic E-state index is 10.6. The highest BCUT2D eigenvalue weighted by Crippen LogP contribution is 2.19. The van der Waals surface area contributed by atoms with Crippen LogP contribution < -0.4 is 0 Å². The van der Waals surface area contributed by atoms with Crippen LogP contribution in [-0.2, 0) is 11.3 Å². The summed E-state index contributed by atoms with van der Waals surface area (Å²) in [7, 11) is 0. The van der Waals surface area contributed by atoms with Crippen LogP contribution in [0.15, 0.2) is 42.2 Å². The monoisotopic (exact) mass is 288 g/mol. The van der Waals surface area contributed by atoms with Gasteiger partial charge in [-0.3, -0.25) is 10.1 Å². The second-order valence-electron chi connectivity index (χ2n) is 4.40. The molecule has 1 N–H and O–H groups in total. The van der Waals surface area contributed by atoms with Crippen molar-refractivity contribution in [2.75, 3.05) is 0 Å². The second-order valence-corrected chi connectivity index (χ2v) is 4.40. The number of allylic oxidation sites excluding steroid dienone is 1. The molecule has 0 aliphatic rings. The summed E-state index contributed by atoms with van der Waals surface area (Å²) < 4.78 is 1.51. The van der Waals surface area contributed by atoms with E-state index in [0.29, 0.717) is 23.5 Å². The van der Waals surface area contributed by atoms with Gasteiger partial charge in [-0.1, -0.05) is 0 Å². The molecule has 8 heteroatoms. The van der Waals surface area contributed by atoms with Crippen LogP contribution in [0.5, 0.6) is 0 Å². The molecule has 0 aliphatic carbocycles. The summed E-state index contributed by atoms with van der Waals surface area (Å²) in [5.74, 6) is -0.587. The zero-order chi connectivity index (χ0) is 15.4. The number of hydrogen-bond donors (Lipinski definition) is 1. The molecular formula is C13H12N4O4. The van der Waals surface area contributed by atoms with Gasteiger partial charge in [-0.2, -0.15) is 5.10 Å². The number of carboxylic acids is 1. The first kappa shape index (κ1) is 14.4. The number of nitro groups is 1. The molecule has 0 aliphatic heterocycles. The molecule has 8 nitrogen and oxygen atoms in total. The second kappa shape index (κ2) is 5.95. The van der Waals surface area contributed by atoms with Crippen molar-refractivity contribution in [3.63, 3.8) is 0 Å². The van der Waals surface area contributed by atoms with E-state index in [0.717, 1.165) is 6.08 Å². The molecule has 1 aromatic heterocycles. The number of nitrogens with zero attached hydrogens (tertiary/aromatic N) is 4. The van der Waals surface area contributed by atoms with Crippen LogP contribution in [0.1, 0.15) is 6.92 Å². The Labute approximate surface area is 119 Å². The molecule has 0 bridgehead atoms. The Morgan fingerprint density at radius 1 is 1.43 bits per heavy atom. The zero-order valence-corrected chi connectivity index (χ0v) is 11.1. The fourth-order valence-electron chi connectivity index (χ4n) is 1.75. The van der Waals surface area contributed by atoms with Gasteiger partial charge in [0.1, 0.15) is 6.33 Å². The fourth-order valence-corrected chi connectivity index (χ4v) is 1.75. The van der Waals surface area contributed by atoms with Crippen LogP contribution in [0, 0.1) is 10.1 Å². The third-order valence-corrected chi connectivity index (χ3v) is 2.65. The Morgan fingerprint density at radius 2 is 2.10 bits per heavy atom. The van der Waals surface area contributed by atoms with E-state index in [2.05, 4.69) is 10.1 Å². The Balaban J connectivity index is 2.16. The van der Waals surface area contributed by atoms with Crippen LogP contribution in [0.25, 0.3) is 11.4 Å². The van der Waals surface area contributed by atoms with Crippen LogP contribution in [0.4, 0.5) is 5.69 Å². The summed E-state index contributed by atoms with van der Waals surface area (Å²) >= 11 is 0. The molecule has 1 heterocycles.